The summed E-state index contributed by atoms with van der Waals surface area (Å²) in [6.45, 7) is 4.13. The van der Waals surface area contributed by atoms with Gasteiger partial charge >= 0.3 is 12.0 Å². The standard InChI is InChI=1S/C19H21ClN2O4/c1-3-25-18(23)15-6-4-14(5-7-15)12-21-19(24)22-13(2)26-17-10-8-16(20)9-11-17/h4-11,13H,3,12H2,1-2H3,(H2,21,22,24). The van der Waals surface area contributed by atoms with Crippen LogP contribution in [0.25, 0.3) is 0 Å². The Morgan fingerprint density at radius 2 is 1.73 bits per heavy atom. The number of urea groups is 1. The average molecular weight is 377 g/mol. The summed E-state index contributed by atoms with van der Waals surface area (Å²) in [5.41, 5.74) is 1.34. The minimum Gasteiger partial charge on any atom is -0.471 e. The first kappa shape index (κ1) is 19.6. The Morgan fingerprint density at radius 3 is 2.35 bits per heavy atom. The third-order valence-electron chi connectivity index (χ3n) is 3.38. The van der Waals surface area contributed by atoms with Crippen LogP contribution in [0.2, 0.25) is 5.02 Å². The SMILES string of the molecule is CCOC(=O)c1ccc(CNC(=O)NC(C)Oc2ccc(Cl)cc2)cc1. The van der Waals surface area contributed by atoms with E-state index in [1.54, 1.807) is 62.4 Å². The van der Waals surface area contributed by atoms with Crippen LogP contribution in [0.4, 0.5) is 4.79 Å². The van der Waals surface area contributed by atoms with Crippen LogP contribution in [0.15, 0.2) is 48.5 Å². The minimum atomic E-state index is -0.512. The largest absolute Gasteiger partial charge is 0.471 e. The van der Waals surface area contributed by atoms with Crippen LogP contribution in [0, 0.1) is 0 Å². The van der Waals surface area contributed by atoms with E-state index in [1.165, 1.54) is 0 Å². The van der Waals surface area contributed by atoms with Crippen LogP contribution in [0.3, 0.4) is 0 Å². The molecular weight excluding hydrogens is 356 g/mol. The summed E-state index contributed by atoms with van der Waals surface area (Å²) in [5, 5.41) is 6.03. The molecule has 0 aromatic heterocycles. The Balaban J connectivity index is 1.77. The van der Waals surface area contributed by atoms with Gasteiger partial charge in [-0.2, -0.15) is 0 Å². The van der Waals surface area contributed by atoms with E-state index in [4.69, 9.17) is 21.1 Å². The molecule has 26 heavy (non-hydrogen) atoms. The first-order valence-electron chi connectivity index (χ1n) is 8.20. The van der Waals surface area contributed by atoms with E-state index in [1.807, 2.05) is 0 Å². The topological polar surface area (TPSA) is 76.7 Å². The van der Waals surface area contributed by atoms with Gasteiger partial charge in [0.15, 0.2) is 6.23 Å². The van der Waals surface area contributed by atoms with E-state index in [-0.39, 0.29) is 12.0 Å². The van der Waals surface area contributed by atoms with E-state index in [0.29, 0.717) is 29.5 Å². The van der Waals surface area contributed by atoms with Crippen molar-refractivity contribution < 1.29 is 19.1 Å². The van der Waals surface area contributed by atoms with Crippen molar-refractivity contribution in [3.63, 3.8) is 0 Å². The van der Waals surface area contributed by atoms with Crippen molar-refractivity contribution in [1.82, 2.24) is 10.6 Å². The molecule has 0 heterocycles. The van der Waals surface area contributed by atoms with Gasteiger partial charge in [-0.15, -0.1) is 0 Å². The number of hydrogen-bond donors (Lipinski definition) is 2. The quantitative estimate of drug-likeness (QED) is 0.570. The van der Waals surface area contributed by atoms with Gasteiger partial charge in [-0.05, 0) is 55.8 Å². The smallest absolute Gasteiger partial charge is 0.338 e. The van der Waals surface area contributed by atoms with Gasteiger partial charge in [0.05, 0.1) is 12.2 Å². The molecule has 0 aliphatic rings. The van der Waals surface area contributed by atoms with Crippen LogP contribution in [0.1, 0.15) is 29.8 Å². The number of carbonyl (C=O) groups excluding carboxylic acids is 2. The van der Waals surface area contributed by atoms with Crippen LogP contribution >= 0.6 is 11.6 Å². The molecule has 2 N–H and O–H groups in total. The van der Waals surface area contributed by atoms with Crippen LogP contribution in [0.5, 0.6) is 5.75 Å². The molecule has 0 spiro atoms. The molecule has 2 aromatic carbocycles. The van der Waals surface area contributed by atoms with E-state index in [2.05, 4.69) is 10.6 Å². The minimum absolute atomic E-state index is 0.322. The summed E-state index contributed by atoms with van der Waals surface area (Å²) >= 11 is 5.81. The Morgan fingerprint density at radius 1 is 1.08 bits per heavy atom. The fourth-order valence-electron chi connectivity index (χ4n) is 2.14. The molecule has 0 radical (unpaired) electrons. The van der Waals surface area contributed by atoms with Crippen molar-refractivity contribution in [3.8, 4) is 5.75 Å². The monoisotopic (exact) mass is 376 g/mol. The molecule has 1 atom stereocenters. The summed E-state index contributed by atoms with van der Waals surface area (Å²) in [5.74, 6) is 0.245. The molecule has 6 nitrogen and oxygen atoms in total. The van der Waals surface area contributed by atoms with Crippen LogP contribution in [-0.4, -0.2) is 24.8 Å². The number of carbonyl (C=O) groups is 2. The number of amides is 2. The maximum atomic E-state index is 11.9. The van der Waals surface area contributed by atoms with Crippen molar-refractivity contribution in [2.45, 2.75) is 26.6 Å². The Kier molecular flexibility index (Phi) is 7.29. The lowest BCUT2D eigenvalue weighted by atomic mass is 10.1. The third kappa shape index (κ3) is 6.29. The Hall–Kier alpha value is -2.73. The zero-order chi connectivity index (χ0) is 18.9. The van der Waals surface area contributed by atoms with Gasteiger partial charge in [0.1, 0.15) is 5.75 Å². The van der Waals surface area contributed by atoms with E-state index in [0.717, 1.165) is 5.56 Å². The number of benzene rings is 2. The molecule has 2 rings (SSSR count). The summed E-state index contributed by atoms with van der Waals surface area (Å²) < 4.78 is 10.5. The lowest BCUT2D eigenvalue weighted by molar-refractivity contribution is 0.0526. The first-order valence-corrected chi connectivity index (χ1v) is 8.58. The second kappa shape index (κ2) is 9.68. The number of hydrogen-bond acceptors (Lipinski definition) is 4. The number of rotatable bonds is 7. The summed E-state index contributed by atoms with van der Waals surface area (Å²) in [7, 11) is 0. The zero-order valence-corrected chi connectivity index (χ0v) is 15.4. The molecule has 1 unspecified atom stereocenters. The molecule has 0 saturated heterocycles. The molecule has 0 fully saturated rings. The molecule has 2 amide bonds. The van der Waals surface area contributed by atoms with Gasteiger partial charge in [-0.1, -0.05) is 23.7 Å². The highest BCUT2D eigenvalue weighted by Crippen LogP contribution is 2.16. The highest BCUT2D eigenvalue weighted by molar-refractivity contribution is 6.30. The molecule has 7 heteroatoms. The highest BCUT2D eigenvalue weighted by atomic mass is 35.5. The third-order valence-corrected chi connectivity index (χ3v) is 3.63. The second-order valence-corrected chi connectivity index (χ2v) is 5.89. The van der Waals surface area contributed by atoms with Crippen molar-refractivity contribution >= 4 is 23.6 Å². The van der Waals surface area contributed by atoms with Crippen molar-refractivity contribution in [1.29, 1.82) is 0 Å². The van der Waals surface area contributed by atoms with Crippen molar-refractivity contribution in [2.75, 3.05) is 6.61 Å². The predicted molar refractivity (Wildman–Crippen MR) is 99.3 cm³/mol. The number of nitrogens with one attached hydrogen (secondary N) is 2. The average Bonchev–Trinajstić information content (AvgIpc) is 2.62. The molecule has 0 aliphatic carbocycles. The van der Waals surface area contributed by atoms with Gasteiger partial charge in [0.2, 0.25) is 0 Å². The normalized spacial score (nSPS) is 11.3. The Labute approximate surface area is 157 Å². The molecular formula is C19H21ClN2O4. The van der Waals surface area contributed by atoms with Gasteiger partial charge in [-0.25, -0.2) is 9.59 Å². The zero-order valence-electron chi connectivity index (χ0n) is 14.6. The summed E-state index contributed by atoms with van der Waals surface area (Å²) in [4.78, 5) is 23.5. The maximum absolute atomic E-state index is 11.9. The second-order valence-electron chi connectivity index (χ2n) is 5.46. The van der Waals surface area contributed by atoms with Crippen molar-refractivity contribution in [3.05, 3.63) is 64.7 Å². The summed E-state index contributed by atoms with van der Waals surface area (Å²) in [6.07, 6.45) is -0.512. The lowest BCUT2D eigenvalue weighted by Crippen LogP contribution is -2.43. The predicted octanol–water partition coefficient (Wildman–Crippen LogP) is 3.74. The molecule has 2 aromatic rings. The number of ether oxygens (including phenoxy) is 2. The number of halogens is 1. The lowest BCUT2D eigenvalue weighted by Gasteiger charge is -2.17. The van der Waals surface area contributed by atoms with Gasteiger partial charge in [0.25, 0.3) is 0 Å². The van der Waals surface area contributed by atoms with Gasteiger partial charge in [0, 0.05) is 11.6 Å². The maximum Gasteiger partial charge on any atom is 0.338 e. The first-order chi connectivity index (χ1) is 12.5. The molecule has 138 valence electrons. The fourth-order valence-corrected chi connectivity index (χ4v) is 2.26. The number of esters is 1. The Bertz CT molecular complexity index is 732. The molecule has 0 saturated carbocycles. The van der Waals surface area contributed by atoms with E-state index < -0.39 is 6.23 Å². The van der Waals surface area contributed by atoms with Crippen molar-refractivity contribution in [2.24, 2.45) is 0 Å². The molecule has 0 aliphatic heterocycles. The fraction of sp³-hybridized carbons (Fsp3) is 0.263. The van der Waals surface area contributed by atoms with E-state index >= 15 is 0 Å². The molecule has 0 bridgehead atoms. The summed E-state index contributed by atoms with van der Waals surface area (Å²) in [6, 6.07) is 13.4. The van der Waals surface area contributed by atoms with E-state index in [9.17, 15) is 9.59 Å². The highest BCUT2D eigenvalue weighted by Gasteiger charge is 2.09. The van der Waals surface area contributed by atoms with Gasteiger partial charge in [-0.3, -0.25) is 0 Å². The van der Waals surface area contributed by atoms with Crippen LogP contribution < -0.4 is 15.4 Å². The van der Waals surface area contributed by atoms with Crippen LogP contribution in [-0.2, 0) is 11.3 Å². The van der Waals surface area contributed by atoms with Gasteiger partial charge < -0.3 is 20.1 Å².